The summed E-state index contributed by atoms with van der Waals surface area (Å²) in [4.78, 5) is 6.77. The van der Waals surface area contributed by atoms with Crippen LogP contribution < -0.4 is 0 Å². The highest BCUT2D eigenvalue weighted by Gasteiger charge is 1.99. The number of aliphatic hydroxyl groups excluding tert-OH is 1. The largest absolute Gasteiger partial charge is 0.368 e. The van der Waals surface area contributed by atoms with Gasteiger partial charge in [0, 0.05) is 25.2 Å². The molecule has 0 saturated heterocycles. The van der Waals surface area contributed by atoms with Gasteiger partial charge in [0.05, 0.1) is 0 Å². The second kappa shape index (κ2) is 3.34. The highest BCUT2D eigenvalue weighted by Crippen LogP contribution is 1.96. The van der Waals surface area contributed by atoms with Crippen LogP contribution in [0, 0.1) is 0 Å². The number of rotatable bonds is 3. The zero-order chi connectivity index (χ0) is 7.40. The highest BCUT2D eigenvalue weighted by atomic mass is 16.5. The van der Waals surface area contributed by atoms with Gasteiger partial charge < -0.3 is 15.2 Å². The fourth-order valence-corrected chi connectivity index (χ4v) is 0.701. The Bertz CT molecular complexity index is 172. The molecule has 0 unspecified atom stereocenters. The third kappa shape index (κ3) is 2.16. The first-order valence-corrected chi connectivity index (χ1v) is 3.13. The van der Waals surface area contributed by atoms with Crippen LogP contribution in [0.3, 0.4) is 0 Å². The maximum absolute atomic E-state index is 8.47. The molecule has 1 aromatic heterocycles. The van der Waals surface area contributed by atoms with Gasteiger partial charge in [-0.2, -0.15) is 0 Å². The first-order chi connectivity index (χ1) is 4.79. The van der Waals surface area contributed by atoms with Crippen LogP contribution in [0.25, 0.3) is 0 Å². The van der Waals surface area contributed by atoms with E-state index in [0.29, 0.717) is 12.8 Å². The van der Waals surface area contributed by atoms with Crippen LogP contribution in [0.1, 0.15) is 12.2 Å². The van der Waals surface area contributed by atoms with Crippen molar-refractivity contribution in [1.29, 1.82) is 0 Å². The van der Waals surface area contributed by atoms with E-state index in [0.717, 1.165) is 5.82 Å². The number of aromatic nitrogens is 2. The molecule has 4 nitrogen and oxygen atoms in total. The van der Waals surface area contributed by atoms with Gasteiger partial charge in [0.15, 0.2) is 6.29 Å². The van der Waals surface area contributed by atoms with Crippen molar-refractivity contribution in [2.75, 3.05) is 0 Å². The Morgan fingerprint density at radius 2 is 2.40 bits per heavy atom. The second-order valence-corrected chi connectivity index (χ2v) is 2.06. The third-order valence-corrected chi connectivity index (χ3v) is 1.19. The Morgan fingerprint density at radius 3 is 2.90 bits per heavy atom. The summed E-state index contributed by atoms with van der Waals surface area (Å²) in [5.74, 6) is 0.785. The molecule has 1 aromatic rings. The molecule has 0 amide bonds. The Labute approximate surface area is 58.5 Å². The van der Waals surface area contributed by atoms with E-state index in [-0.39, 0.29) is 0 Å². The Kier molecular flexibility index (Phi) is 2.42. The van der Waals surface area contributed by atoms with Crippen molar-refractivity contribution in [3.8, 4) is 0 Å². The molecule has 3 N–H and O–H groups in total. The molecule has 10 heavy (non-hydrogen) atoms. The first-order valence-electron chi connectivity index (χ1n) is 3.13. The van der Waals surface area contributed by atoms with Crippen LogP contribution in [0.2, 0.25) is 0 Å². The van der Waals surface area contributed by atoms with Crippen LogP contribution in [-0.2, 0) is 6.42 Å². The van der Waals surface area contributed by atoms with Crippen LogP contribution >= 0.6 is 0 Å². The fraction of sp³-hybridized carbons (Fsp3) is 0.500. The molecule has 0 saturated carbocycles. The van der Waals surface area contributed by atoms with E-state index in [4.69, 9.17) is 10.2 Å². The predicted molar refractivity (Wildman–Crippen MR) is 35.1 cm³/mol. The maximum atomic E-state index is 8.47. The highest BCUT2D eigenvalue weighted by molar-refractivity contribution is 4.86. The Hall–Kier alpha value is -0.870. The fourth-order valence-electron chi connectivity index (χ4n) is 0.701. The predicted octanol–water partition coefficient (Wildman–Crippen LogP) is -0.347. The molecule has 0 aliphatic rings. The monoisotopic (exact) mass is 142 g/mol. The second-order valence-electron chi connectivity index (χ2n) is 2.06. The lowest BCUT2D eigenvalue weighted by Crippen LogP contribution is -2.05. The lowest BCUT2D eigenvalue weighted by Gasteiger charge is -1.98. The van der Waals surface area contributed by atoms with Crippen molar-refractivity contribution < 1.29 is 10.2 Å². The summed E-state index contributed by atoms with van der Waals surface area (Å²) in [5, 5.41) is 16.9. The Morgan fingerprint density at radius 1 is 1.60 bits per heavy atom. The lowest BCUT2D eigenvalue weighted by atomic mass is 10.3. The smallest absolute Gasteiger partial charge is 0.151 e. The van der Waals surface area contributed by atoms with Crippen LogP contribution in [-0.4, -0.2) is 26.5 Å². The van der Waals surface area contributed by atoms with Gasteiger partial charge >= 0.3 is 0 Å². The minimum Gasteiger partial charge on any atom is -0.368 e. The molecule has 0 bridgehead atoms. The van der Waals surface area contributed by atoms with Crippen LogP contribution in [0.5, 0.6) is 0 Å². The molecule has 1 rings (SSSR count). The van der Waals surface area contributed by atoms with Gasteiger partial charge in [0.2, 0.25) is 0 Å². The zero-order valence-corrected chi connectivity index (χ0v) is 5.49. The molecule has 0 aromatic carbocycles. The molecular weight excluding hydrogens is 132 g/mol. The van der Waals surface area contributed by atoms with Gasteiger partial charge in [-0.3, -0.25) is 0 Å². The number of hydrogen-bond acceptors (Lipinski definition) is 3. The standard InChI is InChI=1S/C6H10N2O2/c9-6(10)2-1-5-7-3-4-8-5/h3-4,6,9-10H,1-2H2,(H,7,8). The van der Waals surface area contributed by atoms with Crippen molar-refractivity contribution in [2.45, 2.75) is 19.1 Å². The van der Waals surface area contributed by atoms with E-state index in [1.165, 1.54) is 0 Å². The van der Waals surface area contributed by atoms with Crippen molar-refractivity contribution in [3.05, 3.63) is 18.2 Å². The van der Waals surface area contributed by atoms with Gasteiger partial charge in [-0.15, -0.1) is 0 Å². The number of aryl methyl sites for hydroxylation is 1. The van der Waals surface area contributed by atoms with E-state index < -0.39 is 6.29 Å². The lowest BCUT2D eigenvalue weighted by molar-refractivity contribution is -0.0449. The number of H-pyrrole nitrogens is 1. The molecule has 4 heteroatoms. The van der Waals surface area contributed by atoms with Crippen LogP contribution in [0.15, 0.2) is 12.4 Å². The molecule has 0 aliphatic heterocycles. The van der Waals surface area contributed by atoms with Gasteiger partial charge in [-0.1, -0.05) is 0 Å². The zero-order valence-electron chi connectivity index (χ0n) is 5.49. The van der Waals surface area contributed by atoms with Gasteiger partial charge in [-0.05, 0) is 0 Å². The summed E-state index contributed by atoms with van der Waals surface area (Å²) < 4.78 is 0. The van der Waals surface area contributed by atoms with Gasteiger partial charge in [0.1, 0.15) is 5.82 Å². The van der Waals surface area contributed by atoms with Crippen molar-refractivity contribution >= 4 is 0 Å². The van der Waals surface area contributed by atoms with E-state index in [9.17, 15) is 0 Å². The van der Waals surface area contributed by atoms with Crippen molar-refractivity contribution in [1.82, 2.24) is 9.97 Å². The van der Waals surface area contributed by atoms with E-state index in [1.54, 1.807) is 12.4 Å². The number of imidazole rings is 1. The van der Waals surface area contributed by atoms with Crippen molar-refractivity contribution in [3.63, 3.8) is 0 Å². The molecular formula is C6H10N2O2. The third-order valence-electron chi connectivity index (χ3n) is 1.19. The molecule has 0 radical (unpaired) electrons. The number of nitrogens with one attached hydrogen (secondary N) is 1. The van der Waals surface area contributed by atoms with Crippen LogP contribution in [0.4, 0.5) is 0 Å². The van der Waals surface area contributed by atoms with E-state index in [2.05, 4.69) is 9.97 Å². The molecule has 0 fully saturated rings. The van der Waals surface area contributed by atoms with E-state index in [1.807, 2.05) is 0 Å². The number of hydrogen-bond donors (Lipinski definition) is 3. The van der Waals surface area contributed by atoms with Gasteiger partial charge in [-0.25, -0.2) is 4.98 Å². The Balaban J connectivity index is 2.28. The molecule has 56 valence electrons. The summed E-state index contributed by atoms with van der Waals surface area (Å²) in [6.45, 7) is 0. The summed E-state index contributed by atoms with van der Waals surface area (Å²) in [7, 11) is 0. The molecule has 1 heterocycles. The molecule has 0 atom stereocenters. The van der Waals surface area contributed by atoms with Crippen molar-refractivity contribution in [2.24, 2.45) is 0 Å². The number of aliphatic hydroxyl groups is 2. The topological polar surface area (TPSA) is 69.1 Å². The quantitative estimate of drug-likeness (QED) is 0.505. The summed E-state index contributed by atoms with van der Waals surface area (Å²) in [6, 6.07) is 0. The number of nitrogens with zero attached hydrogens (tertiary/aromatic N) is 1. The maximum Gasteiger partial charge on any atom is 0.151 e. The van der Waals surface area contributed by atoms with Gasteiger partial charge in [0.25, 0.3) is 0 Å². The number of aromatic amines is 1. The molecule has 0 aliphatic carbocycles. The van der Waals surface area contributed by atoms with E-state index >= 15 is 0 Å². The summed E-state index contributed by atoms with van der Waals surface area (Å²) in [5.41, 5.74) is 0. The average molecular weight is 142 g/mol. The summed E-state index contributed by atoms with van der Waals surface area (Å²) in [6.07, 6.45) is 3.01. The summed E-state index contributed by atoms with van der Waals surface area (Å²) >= 11 is 0. The normalized spacial score (nSPS) is 10.7. The minimum absolute atomic E-state index is 0.327. The average Bonchev–Trinajstić information content (AvgIpc) is 2.34. The minimum atomic E-state index is -1.23. The first kappa shape index (κ1) is 7.24. The molecule has 0 spiro atoms. The SMILES string of the molecule is OC(O)CCc1ncc[nH]1.